The van der Waals surface area contributed by atoms with Gasteiger partial charge in [-0.15, -0.1) is 12.1 Å². The predicted molar refractivity (Wildman–Crippen MR) is 205 cm³/mol. The van der Waals surface area contributed by atoms with Gasteiger partial charge in [0.15, 0.2) is 0 Å². The normalized spacial score (nSPS) is 11.4. The molecule has 3 heterocycles. The molecule has 0 fully saturated rings. The summed E-state index contributed by atoms with van der Waals surface area (Å²) in [6.07, 6.45) is 4.97. The number of fused-ring (bicyclic) bond motifs is 3. The number of hydrogen-bond acceptors (Lipinski definition) is 3. The zero-order valence-electron chi connectivity index (χ0n) is 29.7. The summed E-state index contributed by atoms with van der Waals surface area (Å²) in [5, 5.41) is 2.25. The molecule has 5 heteroatoms. The largest absolute Gasteiger partial charge is 0.501 e. The second-order valence-electron chi connectivity index (χ2n) is 14.3. The van der Waals surface area contributed by atoms with Crippen molar-refractivity contribution in [2.45, 2.75) is 58.3 Å². The van der Waals surface area contributed by atoms with Crippen molar-refractivity contribution in [3.05, 3.63) is 138 Å². The van der Waals surface area contributed by atoms with Gasteiger partial charge in [0.25, 0.3) is 0 Å². The Balaban J connectivity index is 0.000000212. The van der Waals surface area contributed by atoms with Crippen LogP contribution >= 0.6 is 0 Å². The maximum absolute atomic E-state index is 6.37. The first-order chi connectivity index (χ1) is 23.0. The van der Waals surface area contributed by atoms with Crippen LogP contribution < -0.4 is 4.40 Å². The Kier molecular flexibility index (Phi) is 11.4. The number of pyridine rings is 2. The summed E-state index contributed by atoms with van der Waals surface area (Å²) >= 11 is -1.74. The Morgan fingerprint density at radius 3 is 2.20 bits per heavy atom. The van der Waals surface area contributed by atoms with Crippen LogP contribution in [-0.4, -0.2) is 23.2 Å². The van der Waals surface area contributed by atoms with E-state index < -0.39 is 13.3 Å². The van der Waals surface area contributed by atoms with Crippen LogP contribution in [0.25, 0.3) is 55.6 Å². The van der Waals surface area contributed by atoms with Gasteiger partial charge in [0, 0.05) is 31.7 Å². The first kappa shape index (κ1) is 36.5. The third-order valence-corrected chi connectivity index (χ3v) is 13.1. The van der Waals surface area contributed by atoms with E-state index in [1.807, 2.05) is 24.4 Å². The van der Waals surface area contributed by atoms with Gasteiger partial charge in [0.05, 0.1) is 5.58 Å². The Morgan fingerprint density at radius 2 is 1.53 bits per heavy atom. The summed E-state index contributed by atoms with van der Waals surface area (Å²) in [4.78, 5) is 9.26. The zero-order valence-corrected chi connectivity index (χ0v) is 34.2. The average molecular weight is 882 g/mol. The Hall–Kier alpha value is -3.83. The molecule has 251 valence electrons. The summed E-state index contributed by atoms with van der Waals surface area (Å²) in [5.41, 5.74) is 13.1. The number of rotatable bonds is 6. The number of aryl methyl sites for hydroxylation is 3. The van der Waals surface area contributed by atoms with E-state index in [9.17, 15) is 0 Å². The monoisotopic (exact) mass is 883 g/mol. The van der Waals surface area contributed by atoms with Crippen molar-refractivity contribution in [2.75, 3.05) is 0 Å². The molecule has 0 aliphatic rings. The van der Waals surface area contributed by atoms with Gasteiger partial charge < -0.3 is 9.40 Å². The van der Waals surface area contributed by atoms with Gasteiger partial charge in [-0.3, -0.25) is 0 Å². The van der Waals surface area contributed by atoms with Crippen molar-refractivity contribution < 1.29 is 24.5 Å². The molecule has 0 aliphatic heterocycles. The number of benzene rings is 4. The number of hydrogen-bond donors (Lipinski definition) is 0. The van der Waals surface area contributed by atoms with Crippen molar-refractivity contribution in [3.8, 4) is 33.6 Å². The van der Waals surface area contributed by atoms with E-state index in [0.29, 0.717) is 5.92 Å². The van der Waals surface area contributed by atoms with Crippen molar-refractivity contribution >= 4 is 39.6 Å². The molecule has 3 aromatic heterocycles. The summed E-state index contributed by atoms with van der Waals surface area (Å²) in [7, 11) is 0. The minimum atomic E-state index is -1.74. The van der Waals surface area contributed by atoms with Crippen LogP contribution in [0.2, 0.25) is 17.3 Å². The van der Waals surface area contributed by atoms with Crippen LogP contribution in [-0.2, 0) is 26.5 Å². The molecule has 0 atom stereocenters. The number of furan rings is 1. The summed E-state index contributed by atoms with van der Waals surface area (Å²) in [5.74, 6) is 7.76. The molecule has 0 saturated carbocycles. The van der Waals surface area contributed by atoms with Gasteiger partial charge in [-0.25, -0.2) is 0 Å². The van der Waals surface area contributed by atoms with Crippen LogP contribution in [0, 0.1) is 38.8 Å². The van der Waals surface area contributed by atoms with Gasteiger partial charge in [-0.05, 0) is 42.5 Å². The molecule has 7 rings (SSSR count). The van der Waals surface area contributed by atoms with E-state index in [-0.39, 0.29) is 20.1 Å². The van der Waals surface area contributed by atoms with E-state index in [1.54, 1.807) is 0 Å². The molecule has 0 bridgehead atoms. The van der Waals surface area contributed by atoms with Crippen molar-refractivity contribution in [1.29, 1.82) is 0 Å². The average Bonchev–Trinajstić information content (AvgIpc) is 3.46. The molecule has 0 saturated heterocycles. The third-order valence-electron chi connectivity index (χ3n) is 8.87. The minimum absolute atomic E-state index is 0. The molecule has 0 N–H and O–H groups in total. The van der Waals surface area contributed by atoms with Crippen LogP contribution in [0.5, 0.6) is 0 Å². The molecule has 1 radical (unpaired) electrons. The predicted octanol–water partition coefficient (Wildman–Crippen LogP) is 11.3. The molecule has 0 amide bonds. The van der Waals surface area contributed by atoms with Crippen molar-refractivity contribution in [2.24, 2.45) is 5.92 Å². The van der Waals surface area contributed by atoms with Crippen molar-refractivity contribution in [1.82, 2.24) is 9.97 Å². The number of aromatic nitrogens is 2. The Bertz CT molecular complexity index is 2190. The van der Waals surface area contributed by atoms with Gasteiger partial charge in [-0.1, -0.05) is 90.2 Å². The SMILES string of the molecule is Cc1c[c-]c(-c2cc[c]([Ge]([CH3])([CH3])[CH3])cn2)cc1C.Cc1ccc(-c2c[c-]c(-c3cc(CC(C)C)ccn3)c3oc4ccccc4c23)cc1.[Ir]. The topological polar surface area (TPSA) is 38.9 Å². The minimum Gasteiger partial charge on any atom is -0.501 e. The zero-order chi connectivity index (χ0) is 34.0. The van der Waals surface area contributed by atoms with E-state index in [2.05, 4.69) is 153 Å². The van der Waals surface area contributed by atoms with E-state index in [4.69, 9.17) is 4.42 Å². The molecular formula is C44H44GeIrN2O-2. The van der Waals surface area contributed by atoms with Gasteiger partial charge >= 0.3 is 113 Å². The van der Waals surface area contributed by atoms with E-state index in [0.717, 1.165) is 56.4 Å². The maximum Gasteiger partial charge on any atom is 0.120 e. The standard InChI is InChI=1S/C28H24NO.C16H20GeN.Ir/c1-18(2)16-20-14-15-29-25(17-20)23-13-12-22(21-10-8-19(3)9-11-21)27-24-6-4-5-7-26(24)30-28(23)27;1-12-6-7-14(10-13(12)2)16-9-8-15(11-18-16)17(3,4)5;/h4-12,14-15,17-18H,16H2,1-3H3;6,8-11H,1-5H3;/q2*-1;. The number of nitrogens with zero attached hydrogens (tertiary/aromatic N) is 2. The summed E-state index contributed by atoms with van der Waals surface area (Å²) in [6, 6.07) is 38.6. The number of para-hydroxylation sites is 1. The Morgan fingerprint density at radius 1 is 0.776 bits per heavy atom. The molecule has 3 nitrogen and oxygen atoms in total. The van der Waals surface area contributed by atoms with Gasteiger partial charge in [0.1, 0.15) is 5.58 Å². The smallest absolute Gasteiger partial charge is 0.120 e. The first-order valence-corrected chi connectivity index (χ1v) is 24.2. The van der Waals surface area contributed by atoms with E-state index >= 15 is 0 Å². The van der Waals surface area contributed by atoms with Crippen LogP contribution in [0.1, 0.15) is 36.1 Å². The third kappa shape index (κ3) is 8.32. The fourth-order valence-corrected chi connectivity index (χ4v) is 8.12. The first-order valence-electron chi connectivity index (χ1n) is 16.8. The second-order valence-corrected chi connectivity index (χ2v) is 24.9. The van der Waals surface area contributed by atoms with Gasteiger partial charge in [-0.2, -0.15) is 0 Å². The molecule has 7 aromatic rings. The molecule has 0 aliphatic carbocycles. The molecule has 0 unspecified atom stereocenters. The Labute approximate surface area is 307 Å². The second kappa shape index (κ2) is 15.4. The van der Waals surface area contributed by atoms with Crippen LogP contribution in [0.3, 0.4) is 0 Å². The van der Waals surface area contributed by atoms with Crippen LogP contribution in [0.15, 0.2) is 108 Å². The molecule has 0 spiro atoms. The summed E-state index contributed by atoms with van der Waals surface area (Å²) < 4.78 is 7.82. The maximum atomic E-state index is 6.37. The van der Waals surface area contributed by atoms with Gasteiger partial charge in [0.2, 0.25) is 0 Å². The molecule has 4 aromatic carbocycles. The summed E-state index contributed by atoms with van der Waals surface area (Å²) in [6.45, 7) is 10.8. The fraction of sp³-hybridized carbons (Fsp3) is 0.227. The molecular weight excluding hydrogens is 837 g/mol. The quantitative estimate of drug-likeness (QED) is 0.123. The fourth-order valence-electron chi connectivity index (χ4n) is 5.95. The molecule has 49 heavy (non-hydrogen) atoms. The van der Waals surface area contributed by atoms with E-state index in [1.165, 1.54) is 32.2 Å². The van der Waals surface area contributed by atoms with Crippen LogP contribution in [0.4, 0.5) is 0 Å². The van der Waals surface area contributed by atoms with Crippen molar-refractivity contribution in [3.63, 3.8) is 0 Å².